The lowest BCUT2D eigenvalue weighted by Crippen LogP contribution is -1.76. The number of hydrogen-bond donors (Lipinski definition) is 0. The van der Waals surface area contributed by atoms with Crippen molar-refractivity contribution < 1.29 is 0 Å². The quantitative estimate of drug-likeness (QED) is 0.513. The zero-order valence-corrected chi connectivity index (χ0v) is 7.67. The van der Waals surface area contributed by atoms with Gasteiger partial charge in [-0.25, -0.2) is 4.98 Å². The molecule has 0 aliphatic carbocycles. The number of thiazole rings is 1. The van der Waals surface area contributed by atoms with Crippen LogP contribution >= 0.6 is 23.1 Å². The molecule has 0 aliphatic rings. The van der Waals surface area contributed by atoms with Crippen LogP contribution in [0.2, 0.25) is 0 Å². The third-order valence-corrected chi connectivity index (χ3v) is 2.90. The minimum absolute atomic E-state index is 1.18. The lowest BCUT2D eigenvalue weighted by molar-refractivity contribution is 0.895. The minimum Gasteiger partial charge on any atom is -0.238 e. The summed E-state index contributed by atoms with van der Waals surface area (Å²) < 4.78 is 0. The molecule has 0 aliphatic heterocycles. The van der Waals surface area contributed by atoms with Crippen molar-refractivity contribution in [3.05, 3.63) is 10.9 Å². The lowest BCUT2D eigenvalue weighted by Gasteiger charge is -1.92. The second-order valence-electron chi connectivity index (χ2n) is 2.03. The van der Waals surface area contributed by atoms with Crippen LogP contribution in [-0.4, -0.2) is 10.7 Å². The Kier molecular flexibility index (Phi) is 3.83. The van der Waals surface area contributed by atoms with Gasteiger partial charge in [-0.1, -0.05) is 13.3 Å². The predicted octanol–water partition coefficient (Wildman–Crippen LogP) is 3.04. The molecule has 0 saturated heterocycles. The molecule has 0 spiro atoms. The van der Waals surface area contributed by atoms with Crippen LogP contribution in [0, 0.1) is 0 Å². The summed E-state index contributed by atoms with van der Waals surface area (Å²) in [7, 11) is 0. The van der Waals surface area contributed by atoms with Gasteiger partial charge in [0, 0.05) is 5.38 Å². The molecule has 0 unspecified atom stereocenters. The topological polar surface area (TPSA) is 12.9 Å². The fourth-order valence-corrected chi connectivity index (χ4v) is 2.28. The van der Waals surface area contributed by atoms with Gasteiger partial charge in [-0.3, -0.25) is 0 Å². The summed E-state index contributed by atoms with van der Waals surface area (Å²) in [6, 6.07) is 0. The SMILES string of the molecule is CCCCSc1cscn1. The number of nitrogens with zero attached hydrogens (tertiary/aromatic N) is 1. The third-order valence-electron chi connectivity index (χ3n) is 1.16. The average Bonchev–Trinajstić information content (AvgIpc) is 2.41. The van der Waals surface area contributed by atoms with Crippen molar-refractivity contribution in [2.24, 2.45) is 0 Å². The van der Waals surface area contributed by atoms with E-state index in [0.29, 0.717) is 0 Å². The zero-order chi connectivity index (χ0) is 7.23. The maximum Gasteiger partial charge on any atom is 0.107 e. The van der Waals surface area contributed by atoms with Crippen molar-refractivity contribution in [3.63, 3.8) is 0 Å². The molecule has 0 atom stereocenters. The van der Waals surface area contributed by atoms with Crippen LogP contribution in [0.25, 0.3) is 0 Å². The molecule has 0 radical (unpaired) electrons. The maximum absolute atomic E-state index is 4.17. The number of unbranched alkanes of at least 4 members (excludes halogenated alkanes) is 1. The van der Waals surface area contributed by atoms with Gasteiger partial charge in [-0.15, -0.1) is 23.1 Å². The lowest BCUT2D eigenvalue weighted by atomic mass is 10.4. The van der Waals surface area contributed by atoms with E-state index in [1.165, 1.54) is 23.6 Å². The predicted molar refractivity (Wildman–Crippen MR) is 47.7 cm³/mol. The van der Waals surface area contributed by atoms with Crippen LogP contribution in [0.3, 0.4) is 0 Å². The molecular weight excluding hydrogens is 162 g/mol. The minimum atomic E-state index is 1.18. The summed E-state index contributed by atoms with van der Waals surface area (Å²) in [5.74, 6) is 1.21. The van der Waals surface area contributed by atoms with E-state index >= 15 is 0 Å². The van der Waals surface area contributed by atoms with E-state index in [2.05, 4.69) is 17.3 Å². The van der Waals surface area contributed by atoms with E-state index in [1.54, 1.807) is 11.3 Å². The number of thioether (sulfide) groups is 1. The molecule has 0 fully saturated rings. The summed E-state index contributed by atoms with van der Waals surface area (Å²) in [5, 5.41) is 3.28. The molecule has 1 nitrogen and oxygen atoms in total. The molecule has 0 saturated carbocycles. The molecule has 0 bridgehead atoms. The molecule has 1 aromatic heterocycles. The Morgan fingerprint density at radius 2 is 2.60 bits per heavy atom. The fourth-order valence-electron chi connectivity index (χ4n) is 0.594. The van der Waals surface area contributed by atoms with E-state index < -0.39 is 0 Å². The van der Waals surface area contributed by atoms with E-state index in [1.807, 2.05) is 17.3 Å². The average molecular weight is 173 g/mol. The Bertz CT molecular complexity index is 160. The number of rotatable bonds is 4. The van der Waals surface area contributed by atoms with Crippen molar-refractivity contribution in [1.82, 2.24) is 4.98 Å². The van der Waals surface area contributed by atoms with Crippen molar-refractivity contribution in [2.45, 2.75) is 24.8 Å². The zero-order valence-electron chi connectivity index (χ0n) is 6.04. The van der Waals surface area contributed by atoms with Crippen LogP contribution in [0.1, 0.15) is 19.8 Å². The second-order valence-corrected chi connectivity index (χ2v) is 3.86. The molecule has 0 amide bonds. The Labute approximate surface area is 69.9 Å². The van der Waals surface area contributed by atoms with E-state index in [4.69, 9.17) is 0 Å². The van der Waals surface area contributed by atoms with Crippen LogP contribution in [0.5, 0.6) is 0 Å². The highest BCUT2D eigenvalue weighted by atomic mass is 32.2. The third kappa shape index (κ3) is 2.71. The Morgan fingerprint density at radius 3 is 3.20 bits per heavy atom. The van der Waals surface area contributed by atoms with Crippen LogP contribution in [0.4, 0.5) is 0 Å². The van der Waals surface area contributed by atoms with Crippen molar-refractivity contribution >= 4 is 23.1 Å². The van der Waals surface area contributed by atoms with Gasteiger partial charge in [0.05, 0.1) is 5.51 Å². The first-order chi connectivity index (χ1) is 4.93. The van der Waals surface area contributed by atoms with Gasteiger partial charge in [0.15, 0.2) is 0 Å². The fraction of sp³-hybridized carbons (Fsp3) is 0.571. The van der Waals surface area contributed by atoms with E-state index in [-0.39, 0.29) is 0 Å². The van der Waals surface area contributed by atoms with Gasteiger partial charge in [-0.2, -0.15) is 0 Å². The molecule has 1 aromatic rings. The normalized spacial score (nSPS) is 10.1. The summed E-state index contributed by atoms with van der Waals surface area (Å²) in [5.41, 5.74) is 1.88. The van der Waals surface area contributed by atoms with E-state index in [0.717, 1.165) is 0 Å². The highest BCUT2D eigenvalue weighted by Gasteiger charge is 1.92. The molecule has 0 aromatic carbocycles. The Morgan fingerprint density at radius 1 is 1.70 bits per heavy atom. The van der Waals surface area contributed by atoms with Gasteiger partial charge in [0.25, 0.3) is 0 Å². The van der Waals surface area contributed by atoms with Crippen molar-refractivity contribution in [3.8, 4) is 0 Å². The Hall–Kier alpha value is -0.0200. The Balaban J connectivity index is 2.15. The standard InChI is InChI=1S/C7H11NS2/c1-2-3-4-10-7-5-9-6-8-7/h5-6H,2-4H2,1H3. The largest absolute Gasteiger partial charge is 0.238 e. The first-order valence-corrected chi connectivity index (χ1v) is 5.37. The van der Waals surface area contributed by atoms with Crippen LogP contribution in [0.15, 0.2) is 15.9 Å². The highest BCUT2D eigenvalue weighted by Crippen LogP contribution is 2.18. The van der Waals surface area contributed by atoms with Gasteiger partial charge < -0.3 is 0 Å². The second kappa shape index (κ2) is 4.74. The van der Waals surface area contributed by atoms with Gasteiger partial charge in [0.2, 0.25) is 0 Å². The summed E-state index contributed by atoms with van der Waals surface area (Å²) >= 11 is 3.52. The van der Waals surface area contributed by atoms with Crippen LogP contribution < -0.4 is 0 Å². The molecule has 56 valence electrons. The maximum atomic E-state index is 4.17. The van der Waals surface area contributed by atoms with Crippen LogP contribution in [-0.2, 0) is 0 Å². The highest BCUT2D eigenvalue weighted by molar-refractivity contribution is 7.99. The smallest absolute Gasteiger partial charge is 0.107 e. The molecule has 0 N–H and O–H groups in total. The van der Waals surface area contributed by atoms with Crippen molar-refractivity contribution in [1.29, 1.82) is 0 Å². The molecule has 1 heterocycles. The first-order valence-electron chi connectivity index (χ1n) is 3.44. The van der Waals surface area contributed by atoms with Gasteiger partial charge in [0.1, 0.15) is 5.03 Å². The number of aromatic nitrogens is 1. The number of hydrogen-bond acceptors (Lipinski definition) is 3. The van der Waals surface area contributed by atoms with E-state index in [9.17, 15) is 0 Å². The van der Waals surface area contributed by atoms with Gasteiger partial charge >= 0.3 is 0 Å². The van der Waals surface area contributed by atoms with Gasteiger partial charge in [-0.05, 0) is 12.2 Å². The first kappa shape index (κ1) is 8.08. The molecule has 1 rings (SSSR count). The monoisotopic (exact) mass is 173 g/mol. The summed E-state index contributed by atoms with van der Waals surface area (Å²) in [6.45, 7) is 2.21. The molecular formula is C7H11NS2. The summed E-state index contributed by atoms with van der Waals surface area (Å²) in [6.07, 6.45) is 2.57. The summed E-state index contributed by atoms with van der Waals surface area (Å²) in [4.78, 5) is 4.17. The molecule has 10 heavy (non-hydrogen) atoms. The molecule has 3 heteroatoms. The van der Waals surface area contributed by atoms with Crippen molar-refractivity contribution in [2.75, 3.05) is 5.75 Å².